The summed E-state index contributed by atoms with van der Waals surface area (Å²) in [6.07, 6.45) is 6.82. The molecule has 0 spiro atoms. The van der Waals surface area contributed by atoms with Crippen molar-refractivity contribution in [1.29, 1.82) is 0 Å². The lowest BCUT2D eigenvalue weighted by Gasteiger charge is -2.15. The van der Waals surface area contributed by atoms with Crippen molar-refractivity contribution in [2.75, 3.05) is 13.2 Å². The van der Waals surface area contributed by atoms with E-state index in [1.54, 1.807) is 18.6 Å². The smallest absolute Gasteiger partial charge is 0.315 e. The van der Waals surface area contributed by atoms with Crippen LogP contribution in [0.2, 0.25) is 0 Å². The van der Waals surface area contributed by atoms with Crippen LogP contribution in [0.1, 0.15) is 44.1 Å². The minimum absolute atomic E-state index is 0.181. The number of nitrogens with two attached hydrogens (primary N) is 1. The van der Waals surface area contributed by atoms with Crippen LogP contribution in [0.5, 0.6) is 5.88 Å². The zero-order valence-corrected chi connectivity index (χ0v) is 15.4. The number of nitrogens with zero attached hydrogens (tertiary/aromatic N) is 3. The van der Waals surface area contributed by atoms with E-state index in [-0.39, 0.29) is 12.0 Å². The van der Waals surface area contributed by atoms with Crippen LogP contribution in [-0.2, 0) is 9.53 Å². The molecule has 7 nitrogen and oxygen atoms in total. The van der Waals surface area contributed by atoms with Crippen molar-refractivity contribution in [3.05, 3.63) is 36.0 Å². The minimum Gasteiger partial charge on any atom is -0.476 e. The molecule has 26 heavy (non-hydrogen) atoms. The third-order valence-corrected chi connectivity index (χ3v) is 4.53. The van der Waals surface area contributed by atoms with Crippen molar-refractivity contribution in [1.82, 2.24) is 15.0 Å². The van der Waals surface area contributed by atoms with Gasteiger partial charge in [-0.1, -0.05) is 0 Å². The van der Waals surface area contributed by atoms with Gasteiger partial charge in [-0.3, -0.25) is 4.79 Å². The fourth-order valence-corrected chi connectivity index (χ4v) is 2.68. The van der Waals surface area contributed by atoms with Gasteiger partial charge >= 0.3 is 5.97 Å². The fourth-order valence-electron chi connectivity index (χ4n) is 2.68. The second-order valence-electron chi connectivity index (χ2n) is 6.75. The molecule has 1 fully saturated rings. The molecule has 0 amide bonds. The number of hydrogen-bond donors (Lipinski definition) is 1. The molecule has 0 bridgehead atoms. The van der Waals surface area contributed by atoms with Gasteiger partial charge in [-0.05, 0) is 39.2 Å². The molecule has 138 valence electrons. The van der Waals surface area contributed by atoms with E-state index in [0.717, 1.165) is 29.5 Å². The average molecular weight is 356 g/mol. The molecule has 0 radical (unpaired) electrons. The molecule has 0 aliphatic heterocycles. The summed E-state index contributed by atoms with van der Waals surface area (Å²) in [5.74, 6) is 0.919. The Morgan fingerprint density at radius 1 is 1.27 bits per heavy atom. The monoisotopic (exact) mass is 356 g/mol. The summed E-state index contributed by atoms with van der Waals surface area (Å²) in [4.78, 5) is 24.9. The lowest BCUT2D eigenvalue weighted by atomic mass is 10.1. The number of pyridine rings is 1. The number of carbonyl (C=O) groups is 1. The van der Waals surface area contributed by atoms with Gasteiger partial charge in [0, 0.05) is 35.8 Å². The van der Waals surface area contributed by atoms with E-state index in [1.165, 1.54) is 0 Å². The summed E-state index contributed by atoms with van der Waals surface area (Å²) in [7, 11) is 0. The second kappa shape index (κ2) is 7.37. The first-order valence-electron chi connectivity index (χ1n) is 8.80. The molecular weight excluding hydrogens is 332 g/mol. The number of esters is 1. The fraction of sp³-hybridized carbons (Fsp3) is 0.474. The van der Waals surface area contributed by atoms with E-state index in [0.29, 0.717) is 24.9 Å². The quantitative estimate of drug-likeness (QED) is 0.761. The van der Waals surface area contributed by atoms with Gasteiger partial charge in [-0.25, -0.2) is 15.0 Å². The number of carbonyl (C=O) groups excluding carboxylic acids is 1. The Hall–Kier alpha value is -2.54. The van der Waals surface area contributed by atoms with Crippen LogP contribution < -0.4 is 10.5 Å². The number of hydrogen-bond acceptors (Lipinski definition) is 7. The van der Waals surface area contributed by atoms with Gasteiger partial charge in [0.2, 0.25) is 5.88 Å². The van der Waals surface area contributed by atoms with Crippen molar-refractivity contribution in [2.24, 2.45) is 11.1 Å². The van der Waals surface area contributed by atoms with Crippen LogP contribution in [0.3, 0.4) is 0 Å². The van der Waals surface area contributed by atoms with Crippen LogP contribution in [0.25, 0.3) is 11.1 Å². The Morgan fingerprint density at radius 3 is 2.50 bits per heavy atom. The molecule has 2 aromatic rings. The zero-order valence-electron chi connectivity index (χ0n) is 15.4. The largest absolute Gasteiger partial charge is 0.476 e. The van der Waals surface area contributed by atoms with Gasteiger partial charge in [0.05, 0.1) is 12.6 Å². The highest BCUT2D eigenvalue weighted by Crippen LogP contribution is 2.47. The normalized spacial score (nSPS) is 16.0. The van der Waals surface area contributed by atoms with Gasteiger partial charge in [0.15, 0.2) is 0 Å². The average Bonchev–Trinajstić information content (AvgIpc) is 3.42. The summed E-state index contributed by atoms with van der Waals surface area (Å²) >= 11 is 0. The topological polar surface area (TPSA) is 100 Å². The Balaban J connectivity index is 1.69. The van der Waals surface area contributed by atoms with Crippen LogP contribution in [0.15, 0.2) is 24.7 Å². The van der Waals surface area contributed by atoms with Crippen molar-refractivity contribution < 1.29 is 14.3 Å². The zero-order chi connectivity index (χ0) is 18.7. The molecule has 1 unspecified atom stereocenters. The molecule has 0 saturated heterocycles. The molecule has 1 aliphatic carbocycles. The summed E-state index contributed by atoms with van der Waals surface area (Å²) < 4.78 is 10.9. The Kier molecular flexibility index (Phi) is 5.18. The third-order valence-electron chi connectivity index (χ3n) is 4.53. The summed E-state index contributed by atoms with van der Waals surface area (Å²) in [5, 5.41) is 0. The van der Waals surface area contributed by atoms with E-state index in [1.807, 2.05) is 26.8 Å². The second-order valence-corrected chi connectivity index (χ2v) is 6.75. The molecule has 3 rings (SSSR count). The lowest BCUT2D eigenvalue weighted by molar-refractivity contribution is -0.150. The lowest BCUT2D eigenvalue weighted by Crippen LogP contribution is -2.26. The van der Waals surface area contributed by atoms with E-state index >= 15 is 0 Å². The van der Waals surface area contributed by atoms with Gasteiger partial charge in [0.25, 0.3) is 0 Å². The van der Waals surface area contributed by atoms with E-state index < -0.39 is 5.41 Å². The SMILES string of the molecule is CCOC(=O)C1(COc2cc(C)c(-c3cnc(C(C)N)nc3)cn2)CC1. The summed E-state index contributed by atoms with van der Waals surface area (Å²) in [5.41, 5.74) is 8.08. The van der Waals surface area contributed by atoms with Crippen LogP contribution >= 0.6 is 0 Å². The van der Waals surface area contributed by atoms with Gasteiger partial charge < -0.3 is 15.2 Å². The first-order chi connectivity index (χ1) is 12.4. The Morgan fingerprint density at radius 2 is 1.96 bits per heavy atom. The van der Waals surface area contributed by atoms with Gasteiger partial charge in [0.1, 0.15) is 17.8 Å². The first kappa shape index (κ1) is 18.3. The van der Waals surface area contributed by atoms with E-state index in [4.69, 9.17) is 15.2 Å². The number of rotatable bonds is 7. The van der Waals surface area contributed by atoms with E-state index in [9.17, 15) is 4.79 Å². The highest BCUT2D eigenvalue weighted by molar-refractivity contribution is 5.80. The molecule has 2 heterocycles. The molecular formula is C19H24N4O3. The van der Waals surface area contributed by atoms with Crippen LogP contribution in [0, 0.1) is 12.3 Å². The van der Waals surface area contributed by atoms with Crippen molar-refractivity contribution >= 4 is 5.97 Å². The van der Waals surface area contributed by atoms with Crippen molar-refractivity contribution in [3.8, 4) is 17.0 Å². The highest BCUT2D eigenvalue weighted by atomic mass is 16.5. The maximum Gasteiger partial charge on any atom is 0.315 e. The molecule has 7 heteroatoms. The van der Waals surface area contributed by atoms with Crippen LogP contribution in [0.4, 0.5) is 0 Å². The maximum atomic E-state index is 12.0. The molecule has 0 aromatic carbocycles. The van der Waals surface area contributed by atoms with Gasteiger partial charge in [-0.15, -0.1) is 0 Å². The molecule has 2 N–H and O–H groups in total. The molecule has 1 atom stereocenters. The van der Waals surface area contributed by atoms with Crippen molar-refractivity contribution in [2.45, 2.75) is 39.7 Å². The molecule has 1 aliphatic rings. The maximum absolute atomic E-state index is 12.0. The Bertz CT molecular complexity index is 786. The number of aryl methyl sites for hydroxylation is 1. The predicted molar refractivity (Wildman–Crippen MR) is 96.4 cm³/mol. The minimum atomic E-state index is -0.493. The predicted octanol–water partition coefficient (Wildman–Crippen LogP) is 2.59. The summed E-state index contributed by atoms with van der Waals surface area (Å²) in [6, 6.07) is 1.66. The first-order valence-corrected chi connectivity index (χ1v) is 8.80. The summed E-state index contributed by atoms with van der Waals surface area (Å²) in [6.45, 7) is 6.31. The molecule has 1 saturated carbocycles. The standard InChI is InChI=1S/C19H24N4O3/c1-4-25-18(24)19(5-6-19)11-26-16-7-12(2)15(10-21-16)14-8-22-17(13(3)20)23-9-14/h7-10,13H,4-6,11,20H2,1-3H3. The Labute approximate surface area is 153 Å². The highest BCUT2D eigenvalue weighted by Gasteiger charge is 2.52. The molecule has 2 aromatic heterocycles. The third kappa shape index (κ3) is 3.83. The van der Waals surface area contributed by atoms with Crippen molar-refractivity contribution in [3.63, 3.8) is 0 Å². The number of aromatic nitrogens is 3. The van der Waals surface area contributed by atoms with Crippen LogP contribution in [-0.4, -0.2) is 34.1 Å². The number of ether oxygens (including phenoxy) is 2. The van der Waals surface area contributed by atoms with Gasteiger partial charge in [-0.2, -0.15) is 0 Å². The van der Waals surface area contributed by atoms with E-state index in [2.05, 4.69) is 15.0 Å².